The molecule has 34 heavy (non-hydrogen) atoms. The van der Waals surface area contributed by atoms with Gasteiger partial charge in [-0.15, -0.1) is 0 Å². The number of sulfonamides is 1. The predicted octanol–water partition coefficient (Wildman–Crippen LogP) is 3.34. The van der Waals surface area contributed by atoms with E-state index in [1.165, 1.54) is 6.07 Å². The van der Waals surface area contributed by atoms with E-state index in [9.17, 15) is 18.0 Å². The Bertz CT molecular complexity index is 1310. The number of hydrogen-bond acceptors (Lipinski definition) is 6. The summed E-state index contributed by atoms with van der Waals surface area (Å²) in [5.41, 5.74) is 1.16. The van der Waals surface area contributed by atoms with E-state index >= 15 is 0 Å². The number of carbonyl (C=O) groups excluding carboxylic acids is 2. The van der Waals surface area contributed by atoms with E-state index in [1.807, 2.05) is 6.92 Å². The van der Waals surface area contributed by atoms with Gasteiger partial charge in [-0.25, -0.2) is 13.2 Å². The Morgan fingerprint density at radius 3 is 2.53 bits per heavy atom. The molecule has 0 bridgehead atoms. The van der Waals surface area contributed by atoms with Crippen molar-refractivity contribution in [2.24, 2.45) is 0 Å². The zero-order chi connectivity index (χ0) is 24.3. The highest BCUT2D eigenvalue weighted by molar-refractivity contribution is 7.93. The summed E-state index contributed by atoms with van der Waals surface area (Å²) in [6.07, 6.45) is 1.18. The Hall–Kier alpha value is -3.66. The summed E-state index contributed by atoms with van der Waals surface area (Å²) in [5, 5.41) is 0.725. The monoisotopic (exact) mass is 482 g/mol. The quantitative estimate of drug-likeness (QED) is 0.598. The Kier molecular flexibility index (Phi) is 6.69. The summed E-state index contributed by atoms with van der Waals surface area (Å²) in [4.78, 5) is 32.6. The molecule has 1 aliphatic rings. The van der Waals surface area contributed by atoms with Gasteiger partial charge >= 0.3 is 6.09 Å². The molecule has 2 amide bonds. The summed E-state index contributed by atoms with van der Waals surface area (Å²) < 4.78 is 33.6. The molecule has 1 aromatic heterocycles. The van der Waals surface area contributed by atoms with Crippen molar-refractivity contribution in [1.29, 1.82) is 0 Å². The zero-order valence-electron chi connectivity index (χ0n) is 19.0. The number of ether oxygens (including phenoxy) is 1. The fourth-order valence-corrected chi connectivity index (χ4v) is 5.23. The van der Waals surface area contributed by atoms with Crippen LogP contribution in [-0.2, 0) is 14.8 Å². The van der Waals surface area contributed by atoms with Gasteiger partial charge in [0.05, 0.1) is 12.1 Å². The van der Waals surface area contributed by atoms with Crippen LogP contribution in [0.3, 0.4) is 0 Å². The first-order chi connectivity index (χ1) is 16.3. The molecule has 1 saturated heterocycles. The molecular weight excluding hydrogens is 456 g/mol. The zero-order valence-corrected chi connectivity index (χ0v) is 19.8. The third-order valence-electron chi connectivity index (χ3n) is 5.68. The molecule has 2 heterocycles. The van der Waals surface area contributed by atoms with Crippen LogP contribution in [0.15, 0.2) is 65.7 Å². The number of nitrogens with zero attached hydrogens (tertiary/aromatic N) is 3. The lowest BCUT2D eigenvalue weighted by Crippen LogP contribution is -2.55. The van der Waals surface area contributed by atoms with Crippen LogP contribution in [0.25, 0.3) is 10.9 Å². The van der Waals surface area contributed by atoms with Crippen molar-refractivity contribution in [3.63, 3.8) is 0 Å². The second kappa shape index (κ2) is 9.68. The largest absolute Gasteiger partial charge is 0.450 e. The fraction of sp³-hybridized carbons (Fsp3) is 0.292. The summed E-state index contributed by atoms with van der Waals surface area (Å²) in [6, 6.07) is 14.6. The van der Waals surface area contributed by atoms with E-state index in [-0.39, 0.29) is 22.9 Å². The van der Waals surface area contributed by atoms with Crippen LogP contribution >= 0.6 is 0 Å². The summed E-state index contributed by atoms with van der Waals surface area (Å²) in [5.74, 6) is -0.177. The van der Waals surface area contributed by atoms with E-state index in [0.717, 1.165) is 5.39 Å². The maximum absolute atomic E-state index is 13.0. The van der Waals surface area contributed by atoms with Crippen molar-refractivity contribution < 1.29 is 22.7 Å². The van der Waals surface area contributed by atoms with Crippen molar-refractivity contribution in [2.75, 3.05) is 31.0 Å². The third kappa shape index (κ3) is 4.81. The van der Waals surface area contributed by atoms with Crippen LogP contribution < -0.4 is 4.72 Å². The molecule has 1 atom stereocenters. The molecule has 4 rings (SSSR count). The van der Waals surface area contributed by atoms with E-state index in [0.29, 0.717) is 43.0 Å². The number of hydrogen-bond donors (Lipinski definition) is 1. The number of para-hydroxylation sites is 1. The Morgan fingerprint density at radius 2 is 1.82 bits per heavy atom. The van der Waals surface area contributed by atoms with Gasteiger partial charge in [0, 0.05) is 48.5 Å². The number of benzene rings is 2. The average molecular weight is 483 g/mol. The minimum Gasteiger partial charge on any atom is -0.450 e. The lowest BCUT2D eigenvalue weighted by molar-refractivity contribution is 0.0423. The maximum atomic E-state index is 13.0. The van der Waals surface area contributed by atoms with Gasteiger partial charge in [0.25, 0.3) is 15.9 Å². The van der Waals surface area contributed by atoms with Crippen LogP contribution in [0.1, 0.15) is 24.2 Å². The molecule has 10 heteroatoms. The van der Waals surface area contributed by atoms with Gasteiger partial charge in [-0.05, 0) is 50.2 Å². The molecule has 1 aliphatic heterocycles. The standard InChI is InChI=1S/C24H26N4O5S/c1-3-33-24(30)27-14-15-28(17(2)16-27)23(29)19-9-11-20(12-10-19)26-34(31,32)21-8-4-6-18-7-5-13-25-22(18)21/h4-13,17,26H,3,14-16H2,1-2H3. The second-order valence-electron chi connectivity index (χ2n) is 8.01. The molecule has 9 nitrogen and oxygen atoms in total. The van der Waals surface area contributed by atoms with Crippen molar-refractivity contribution in [3.05, 3.63) is 66.4 Å². The van der Waals surface area contributed by atoms with Gasteiger partial charge in [-0.1, -0.05) is 18.2 Å². The van der Waals surface area contributed by atoms with Crippen LogP contribution in [0.2, 0.25) is 0 Å². The SMILES string of the molecule is CCOC(=O)N1CCN(C(=O)c2ccc(NS(=O)(=O)c3cccc4cccnc34)cc2)C(C)C1. The molecule has 178 valence electrons. The number of fused-ring (bicyclic) bond motifs is 1. The number of anilines is 1. The van der Waals surface area contributed by atoms with Gasteiger partial charge in [-0.2, -0.15) is 0 Å². The van der Waals surface area contributed by atoms with Crippen LogP contribution in [0.4, 0.5) is 10.5 Å². The summed E-state index contributed by atoms with van der Waals surface area (Å²) >= 11 is 0. The van der Waals surface area contributed by atoms with Gasteiger partial charge in [-0.3, -0.25) is 14.5 Å². The van der Waals surface area contributed by atoms with E-state index < -0.39 is 10.0 Å². The number of amides is 2. The van der Waals surface area contributed by atoms with E-state index in [4.69, 9.17) is 4.74 Å². The van der Waals surface area contributed by atoms with Crippen molar-refractivity contribution in [1.82, 2.24) is 14.8 Å². The summed E-state index contributed by atoms with van der Waals surface area (Å²) in [6.45, 7) is 5.11. The van der Waals surface area contributed by atoms with Crippen LogP contribution in [-0.4, -0.2) is 67.5 Å². The Balaban J connectivity index is 1.46. The van der Waals surface area contributed by atoms with Gasteiger partial charge in [0.15, 0.2) is 0 Å². The Labute approximate surface area is 198 Å². The Morgan fingerprint density at radius 1 is 1.09 bits per heavy atom. The van der Waals surface area contributed by atoms with Crippen LogP contribution in [0.5, 0.6) is 0 Å². The number of rotatable bonds is 5. The number of piperazine rings is 1. The molecular formula is C24H26N4O5S. The average Bonchev–Trinajstić information content (AvgIpc) is 2.83. The summed E-state index contributed by atoms with van der Waals surface area (Å²) in [7, 11) is -3.88. The molecule has 2 aromatic carbocycles. The highest BCUT2D eigenvalue weighted by atomic mass is 32.2. The van der Waals surface area contributed by atoms with Crippen LogP contribution in [0, 0.1) is 0 Å². The molecule has 1 fully saturated rings. The number of aromatic nitrogens is 1. The lowest BCUT2D eigenvalue weighted by atomic mass is 10.1. The first-order valence-corrected chi connectivity index (χ1v) is 12.5. The van der Waals surface area contributed by atoms with Crippen molar-refractivity contribution >= 4 is 38.6 Å². The fourth-order valence-electron chi connectivity index (χ4n) is 3.99. The number of pyridine rings is 1. The second-order valence-corrected chi connectivity index (χ2v) is 9.66. The van der Waals surface area contributed by atoms with Crippen molar-refractivity contribution in [3.8, 4) is 0 Å². The van der Waals surface area contributed by atoms with Gasteiger partial charge < -0.3 is 14.5 Å². The molecule has 0 spiro atoms. The molecule has 1 N–H and O–H groups in total. The highest BCUT2D eigenvalue weighted by Crippen LogP contribution is 2.24. The van der Waals surface area contributed by atoms with E-state index in [1.54, 1.807) is 71.5 Å². The molecule has 1 unspecified atom stereocenters. The lowest BCUT2D eigenvalue weighted by Gasteiger charge is -2.39. The molecule has 3 aromatic rings. The maximum Gasteiger partial charge on any atom is 0.409 e. The molecule has 0 radical (unpaired) electrons. The van der Waals surface area contributed by atoms with Gasteiger partial charge in [0.2, 0.25) is 0 Å². The minimum atomic E-state index is -3.88. The normalized spacial score (nSPS) is 16.4. The number of carbonyl (C=O) groups is 2. The van der Waals surface area contributed by atoms with Crippen molar-refractivity contribution in [2.45, 2.75) is 24.8 Å². The number of nitrogens with one attached hydrogen (secondary N) is 1. The highest BCUT2D eigenvalue weighted by Gasteiger charge is 2.31. The molecule has 0 aliphatic carbocycles. The molecule has 0 saturated carbocycles. The topological polar surface area (TPSA) is 109 Å². The predicted molar refractivity (Wildman–Crippen MR) is 128 cm³/mol. The smallest absolute Gasteiger partial charge is 0.409 e. The third-order valence-corrected chi connectivity index (χ3v) is 7.10. The first kappa shape index (κ1) is 23.5. The van der Waals surface area contributed by atoms with Gasteiger partial charge in [0.1, 0.15) is 4.90 Å². The van der Waals surface area contributed by atoms with E-state index in [2.05, 4.69) is 9.71 Å². The first-order valence-electron chi connectivity index (χ1n) is 11.0. The minimum absolute atomic E-state index is 0.0825.